The normalized spacial score (nSPS) is 15.6. The van der Waals surface area contributed by atoms with E-state index in [0.717, 1.165) is 27.8 Å². The number of benzene rings is 9. The van der Waals surface area contributed by atoms with Crippen molar-refractivity contribution in [2.24, 2.45) is 0 Å². The molecule has 3 aliphatic carbocycles. The largest absolute Gasteiger partial charge is 0.455 e. The first kappa shape index (κ1) is 37.0. The molecule has 0 N–H and O–H groups in total. The maximum Gasteiger partial charge on any atom is 0.143 e. The van der Waals surface area contributed by atoms with E-state index in [1.54, 1.807) is 0 Å². The molecule has 0 saturated heterocycles. The molecule has 14 rings (SSSR count). The van der Waals surface area contributed by atoms with Crippen LogP contribution in [0, 0.1) is 0 Å². The Labute approximate surface area is 379 Å². The Morgan fingerprint density at radius 3 is 1.62 bits per heavy atom. The highest BCUT2D eigenvalue weighted by atomic mass is 16.3. The van der Waals surface area contributed by atoms with Crippen LogP contribution in [0.25, 0.3) is 105 Å². The lowest BCUT2D eigenvalue weighted by Gasteiger charge is -2.23. The van der Waals surface area contributed by atoms with Crippen molar-refractivity contribution < 1.29 is 4.42 Å². The van der Waals surface area contributed by atoms with Gasteiger partial charge in [0.15, 0.2) is 0 Å². The summed E-state index contributed by atoms with van der Waals surface area (Å²) in [7, 11) is 0. The van der Waals surface area contributed by atoms with Gasteiger partial charge >= 0.3 is 0 Å². The monoisotopic (exact) mass is 833 g/mol. The van der Waals surface area contributed by atoms with E-state index in [0.29, 0.717) is 0 Å². The average molecular weight is 834 g/mol. The van der Waals surface area contributed by atoms with Gasteiger partial charge in [-0.25, -0.2) is 0 Å². The predicted molar refractivity (Wildman–Crippen MR) is 272 cm³/mol. The highest BCUT2D eigenvalue weighted by Crippen LogP contribution is 2.58. The highest BCUT2D eigenvalue weighted by molar-refractivity contribution is 6.21. The van der Waals surface area contributed by atoms with Crippen molar-refractivity contribution in [3.05, 3.63) is 209 Å². The fourth-order valence-corrected chi connectivity index (χ4v) is 12.6. The van der Waals surface area contributed by atoms with Gasteiger partial charge in [0, 0.05) is 49.0 Å². The smallest absolute Gasteiger partial charge is 0.143 e. The van der Waals surface area contributed by atoms with Crippen LogP contribution in [0.1, 0.15) is 74.9 Å². The van der Waals surface area contributed by atoms with E-state index in [1.807, 2.05) is 0 Å². The van der Waals surface area contributed by atoms with Gasteiger partial charge < -0.3 is 8.98 Å². The van der Waals surface area contributed by atoms with Crippen molar-refractivity contribution in [3.8, 4) is 61.3 Å². The lowest BCUT2D eigenvalue weighted by molar-refractivity contribution is 0.656. The third-order valence-electron chi connectivity index (χ3n) is 16.0. The second-order valence-electron chi connectivity index (χ2n) is 20.5. The summed E-state index contributed by atoms with van der Waals surface area (Å²) >= 11 is 0. The summed E-state index contributed by atoms with van der Waals surface area (Å²) in [6, 6.07) is 66.2. The molecule has 310 valence electrons. The summed E-state index contributed by atoms with van der Waals surface area (Å²) in [5, 5.41) is 4.88. The van der Waals surface area contributed by atoms with Gasteiger partial charge in [0.05, 0.1) is 11.0 Å². The van der Waals surface area contributed by atoms with Gasteiger partial charge in [0.1, 0.15) is 11.2 Å². The Morgan fingerprint density at radius 2 is 0.892 bits per heavy atom. The van der Waals surface area contributed by atoms with E-state index in [9.17, 15) is 0 Å². The minimum Gasteiger partial charge on any atom is -0.455 e. The minimum absolute atomic E-state index is 0.0637. The Balaban J connectivity index is 0.997. The van der Waals surface area contributed by atoms with Gasteiger partial charge in [-0.05, 0) is 138 Å². The van der Waals surface area contributed by atoms with E-state index in [2.05, 4.69) is 222 Å². The summed E-state index contributed by atoms with van der Waals surface area (Å²) < 4.78 is 9.51. The highest BCUT2D eigenvalue weighted by Gasteiger charge is 2.41. The van der Waals surface area contributed by atoms with Crippen molar-refractivity contribution >= 4 is 43.7 Å². The van der Waals surface area contributed by atoms with Crippen LogP contribution < -0.4 is 0 Å². The number of nitrogens with zero attached hydrogens (tertiary/aromatic N) is 1. The molecule has 2 aromatic heterocycles. The van der Waals surface area contributed by atoms with E-state index < -0.39 is 0 Å². The second kappa shape index (κ2) is 12.4. The lowest BCUT2D eigenvalue weighted by atomic mass is 9.79. The summed E-state index contributed by atoms with van der Waals surface area (Å²) in [5.74, 6) is 0. The SMILES string of the molecule is CC1(C)c2ccccc2-c2ccc(-c3ccc4c5cc6c(cc5n(-c5ccccc5)c4c3)C(C)(C)c3cc(-c4ccc5c(c4)C(C)(C)c4ccccc4-5)c4oc5ccccc5c4c3-6)cc21. The van der Waals surface area contributed by atoms with Crippen LogP contribution in [-0.4, -0.2) is 4.57 Å². The Hall–Kier alpha value is -7.42. The third-order valence-corrected chi connectivity index (χ3v) is 16.0. The molecule has 0 atom stereocenters. The molecule has 0 aliphatic heterocycles. The third kappa shape index (κ3) is 4.74. The number of hydrogen-bond acceptors (Lipinski definition) is 1. The van der Waals surface area contributed by atoms with Crippen LogP contribution in [0.3, 0.4) is 0 Å². The molecule has 0 fully saturated rings. The van der Waals surface area contributed by atoms with Crippen LogP contribution in [0.2, 0.25) is 0 Å². The summed E-state index contributed by atoms with van der Waals surface area (Å²) in [4.78, 5) is 0. The van der Waals surface area contributed by atoms with Gasteiger partial charge in [0.2, 0.25) is 0 Å². The van der Waals surface area contributed by atoms with Crippen LogP contribution in [0.4, 0.5) is 0 Å². The fraction of sp³-hybridized carbons (Fsp3) is 0.143. The second-order valence-corrected chi connectivity index (χ2v) is 20.5. The van der Waals surface area contributed by atoms with E-state index >= 15 is 0 Å². The fourth-order valence-electron chi connectivity index (χ4n) is 12.6. The number of fused-ring (bicyclic) bond motifs is 16. The molecule has 0 bridgehead atoms. The van der Waals surface area contributed by atoms with Crippen molar-refractivity contribution in [2.75, 3.05) is 0 Å². The zero-order valence-electron chi connectivity index (χ0n) is 37.6. The quantitative estimate of drug-likeness (QED) is 0.173. The molecule has 9 aromatic carbocycles. The predicted octanol–water partition coefficient (Wildman–Crippen LogP) is 16.9. The lowest BCUT2D eigenvalue weighted by Crippen LogP contribution is -2.15. The molecule has 11 aromatic rings. The molecule has 0 amide bonds. The van der Waals surface area contributed by atoms with Gasteiger partial charge in [-0.15, -0.1) is 0 Å². The molecular weight excluding hydrogens is 787 g/mol. The van der Waals surface area contributed by atoms with Crippen molar-refractivity contribution in [1.82, 2.24) is 4.57 Å². The molecule has 0 radical (unpaired) electrons. The Morgan fingerprint density at radius 1 is 0.354 bits per heavy atom. The van der Waals surface area contributed by atoms with Crippen molar-refractivity contribution in [2.45, 2.75) is 57.8 Å². The summed E-state index contributed by atoms with van der Waals surface area (Å²) in [6.07, 6.45) is 0. The molecular formula is C63H47NO. The van der Waals surface area contributed by atoms with Gasteiger partial charge in [-0.1, -0.05) is 163 Å². The average Bonchev–Trinajstić information content (AvgIpc) is 4.06. The maximum absolute atomic E-state index is 7.01. The Kier molecular flexibility index (Phi) is 7.08. The molecule has 0 unspecified atom stereocenters. The molecule has 0 saturated carbocycles. The molecule has 0 spiro atoms. The zero-order valence-corrected chi connectivity index (χ0v) is 37.6. The first-order chi connectivity index (χ1) is 31.5. The number of aromatic nitrogens is 1. The number of rotatable bonds is 3. The molecule has 65 heavy (non-hydrogen) atoms. The molecule has 2 heteroatoms. The first-order valence-corrected chi connectivity index (χ1v) is 23.2. The van der Waals surface area contributed by atoms with E-state index in [-0.39, 0.29) is 16.2 Å². The summed E-state index contributed by atoms with van der Waals surface area (Å²) in [6.45, 7) is 14.3. The van der Waals surface area contributed by atoms with E-state index in [1.165, 1.54) is 111 Å². The van der Waals surface area contributed by atoms with Gasteiger partial charge in [-0.2, -0.15) is 0 Å². The van der Waals surface area contributed by atoms with Crippen LogP contribution in [0.5, 0.6) is 0 Å². The first-order valence-electron chi connectivity index (χ1n) is 23.2. The van der Waals surface area contributed by atoms with Gasteiger partial charge in [-0.3, -0.25) is 0 Å². The van der Waals surface area contributed by atoms with Crippen molar-refractivity contribution in [3.63, 3.8) is 0 Å². The summed E-state index contributed by atoms with van der Waals surface area (Å²) in [5.41, 5.74) is 26.0. The molecule has 3 aliphatic rings. The Bertz CT molecular complexity index is 3900. The molecule has 2 nitrogen and oxygen atoms in total. The number of hydrogen-bond donors (Lipinski definition) is 0. The van der Waals surface area contributed by atoms with Crippen molar-refractivity contribution in [1.29, 1.82) is 0 Å². The topological polar surface area (TPSA) is 18.1 Å². The van der Waals surface area contributed by atoms with E-state index in [4.69, 9.17) is 4.42 Å². The van der Waals surface area contributed by atoms with Crippen LogP contribution >= 0.6 is 0 Å². The maximum atomic E-state index is 7.01. The number of furan rings is 1. The van der Waals surface area contributed by atoms with Crippen LogP contribution in [0.15, 0.2) is 180 Å². The minimum atomic E-state index is -0.287. The van der Waals surface area contributed by atoms with Crippen LogP contribution in [-0.2, 0) is 16.2 Å². The van der Waals surface area contributed by atoms with Gasteiger partial charge in [0.25, 0.3) is 0 Å². The standard InChI is InChI=1S/C63H47NO/c1-61(2)49-21-13-10-18-40(49)42-27-24-36(30-51(42)61)37-25-29-44-47-33-48-53(35-56(47)64(55(44)32-37)39-16-8-7-9-17-39)63(5,6)54-34-46(60-59(58(48)54)45-20-12-15-23-57(45)65-60)38-26-28-43-41-19-11-14-22-50(41)62(3,4)52(43)31-38/h7-35H,1-6H3. The number of para-hydroxylation sites is 2. The molecule has 2 heterocycles. The zero-order chi connectivity index (χ0) is 43.7.